The molecule has 0 unspecified atom stereocenters. The fourth-order valence-corrected chi connectivity index (χ4v) is 4.07. The van der Waals surface area contributed by atoms with Gasteiger partial charge in [0.25, 0.3) is 17.1 Å². The van der Waals surface area contributed by atoms with Gasteiger partial charge in [0.1, 0.15) is 0 Å². The largest absolute Gasteiger partial charge is 0.493 e. The maximum atomic E-state index is 12.7. The Kier molecular flexibility index (Phi) is 6.22. The summed E-state index contributed by atoms with van der Waals surface area (Å²) in [6.45, 7) is 0.328. The van der Waals surface area contributed by atoms with Crippen LogP contribution < -0.4 is 24.3 Å². The second kappa shape index (κ2) is 9.23. The van der Waals surface area contributed by atoms with E-state index in [2.05, 4.69) is 5.32 Å². The van der Waals surface area contributed by atoms with Gasteiger partial charge in [-0.2, -0.15) is 0 Å². The maximum absolute atomic E-state index is 12.7. The van der Waals surface area contributed by atoms with Gasteiger partial charge in [-0.3, -0.25) is 19.3 Å². The number of fused-ring (bicyclic) bond motifs is 1. The number of nitrogens with one attached hydrogen (secondary N) is 1. The Morgan fingerprint density at radius 1 is 1.09 bits per heavy atom. The van der Waals surface area contributed by atoms with Gasteiger partial charge in [-0.1, -0.05) is 6.07 Å². The van der Waals surface area contributed by atoms with Crippen molar-refractivity contribution in [1.29, 1.82) is 0 Å². The molecule has 166 valence electrons. The van der Waals surface area contributed by atoms with E-state index in [1.807, 2.05) is 0 Å². The molecule has 2 aromatic carbocycles. The predicted octanol–water partition coefficient (Wildman–Crippen LogP) is 2.90. The Labute approximate surface area is 188 Å². The van der Waals surface area contributed by atoms with Crippen LogP contribution in [0, 0.1) is 0 Å². The van der Waals surface area contributed by atoms with Crippen LogP contribution in [0.3, 0.4) is 0 Å². The number of nitrogens with zero attached hydrogens (tertiary/aromatic N) is 1. The van der Waals surface area contributed by atoms with Gasteiger partial charge < -0.3 is 24.3 Å². The first kappa shape index (κ1) is 21.6. The van der Waals surface area contributed by atoms with Crippen molar-refractivity contribution in [2.75, 3.05) is 34.1 Å². The topological polar surface area (TPSA) is 103 Å². The fourth-order valence-electron chi connectivity index (χ4n) is 3.21. The summed E-state index contributed by atoms with van der Waals surface area (Å²) in [6, 6.07) is 10.1. The molecule has 0 saturated carbocycles. The second-order valence-electron chi connectivity index (χ2n) is 6.77. The average molecular weight is 456 g/mol. The zero-order valence-corrected chi connectivity index (χ0v) is 18.2. The third-order valence-electron chi connectivity index (χ3n) is 4.83. The number of imide groups is 1. The minimum atomic E-state index is -0.405. The van der Waals surface area contributed by atoms with E-state index in [4.69, 9.17) is 18.9 Å². The van der Waals surface area contributed by atoms with E-state index in [0.29, 0.717) is 33.5 Å². The summed E-state index contributed by atoms with van der Waals surface area (Å²) in [5.74, 6) is 1.42. The molecular formula is C22H20N2O7S. The standard InChI is InChI=1S/C22H20N2O7S/c1-28-15-6-4-14(11-17(15)29-2)20(25)23-7-8-24-21(26)19(32-22(24)27)10-13-3-5-16-18(9-13)31-12-30-16/h3-6,9-11H,7-8,12H2,1-2H3,(H,23,25)/b19-10-. The lowest BCUT2D eigenvalue weighted by molar-refractivity contribution is -0.122. The number of ether oxygens (including phenoxy) is 4. The third-order valence-corrected chi connectivity index (χ3v) is 5.74. The molecule has 10 heteroatoms. The van der Waals surface area contributed by atoms with E-state index in [0.717, 1.165) is 22.2 Å². The molecule has 1 N–H and O–H groups in total. The Bertz CT molecular complexity index is 1120. The number of hydrogen-bond donors (Lipinski definition) is 1. The first-order chi connectivity index (χ1) is 15.5. The first-order valence-electron chi connectivity index (χ1n) is 9.65. The van der Waals surface area contributed by atoms with Crippen molar-refractivity contribution in [3.63, 3.8) is 0 Å². The van der Waals surface area contributed by atoms with Crippen molar-refractivity contribution in [3.8, 4) is 23.0 Å². The summed E-state index contributed by atoms with van der Waals surface area (Å²) < 4.78 is 21.0. The zero-order chi connectivity index (χ0) is 22.7. The highest BCUT2D eigenvalue weighted by molar-refractivity contribution is 8.18. The Morgan fingerprint density at radius 2 is 1.88 bits per heavy atom. The van der Waals surface area contributed by atoms with Crippen molar-refractivity contribution < 1.29 is 33.3 Å². The molecule has 9 nitrogen and oxygen atoms in total. The van der Waals surface area contributed by atoms with Crippen LogP contribution in [0.5, 0.6) is 23.0 Å². The van der Waals surface area contributed by atoms with E-state index in [9.17, 15) is 14.4 Å². The van der Waals surface area contributed by atoms with Crippen molar-refractivity contribution in [2.24, 2.45) is 0 Å². The van der Waals surface area contributed by atoms with Crippen LogP contribution in [0.4, 0.5) is 4.79 Å². The summed E-state index contributed by atoms with van der Waals surface area (Å²) in [5, 5.41) is 2.32. The molecule has 32 heavy (non-hydrogen) atoms. The lowest BCUT2D eigenvalue weighted by Gasteiger charge is -2.13. The van der Waals surface area contributed by atoms with E-state index in [-0.39, 0.29) is 31.0 Å². The Balaban J connectivity index is 1.36. The molecular weight excluding hydrogens is 436 g/mol. The third kappa shape index (κ3) is 4.35. The van der Waals surface area contributed by atoms with Gasteiger partial charge in [-0.15, -0.1) is 0 Å². The number of amides is 3. The molecule has 1 saturated heterocycles. The van der Waals surface area contributed by atoms with Crippen LogP contribution >= 0.6 is 11.8 Å². The Morgan fingerprint density at radius 3 is 2.66 bits per heavy atom. The van der Waals surface area contributed by atoms with E-state index in [1.165, 1.54) is 14.2 Å². The van der Waals surface area contributed by atoms with E-state index >= 15 is 0 Å². The number of thioether (sulfide) groups is 1. The summed E-state index contributed by atoms with van der Waals surface area (Å²) in [4.78, 5) is 38.8. The number of rotatable bonds is 7. The van der Waals surface area contributed by atoms with Crippen molar-refractivity contribution in [3.05, 3.63) is 52.4 Å². The molecule has 3 amide bonds. The normalized spacial score (nSPS) is 15.9. The quantitative estimate of drug-likeness (QED) is 0.635. The first-order valence-corrected chi connectivity index (χ1v) is 10.5. The highest BCUT2D eigenvalue weighted by atomic mass is 32.2. The van der Waals surface area contributed by atoms with Gasteiger partial charge in [0.2, 0.25) is 6.79 Å². The maximum Gasteiger partial charge on any atom is 0.293 e. The molecule has 0 aliphatic carbocycles. The van der Waals surface area contributed by atoms with Gasteiger partial charge in [0.05, 0.1) is 19.1 Å². The molecule has 0 spiro atoms. The van der Waals surface area contributed by atoms with E-state index in [1.54, 1.807) is 42.5 Å². The smallest absolute Gasteiger partial charge is 0.293 e. The summed E-state index contributed by atoms with van der Waals surface area (Å²) in [5.41, 5.74) is 1.10. The lowest BCUT2D eigenvalue weighted by Crippen LogP contribution is -2.37. The molecule has 1 fully saturated rings. The minimum Gasteiger partial charge on any atom is -0.493 e. The molecule has 2 aliphatic heterocycles. The van der Waals surface area contributed by atoms with Crippen LogP contribution in [0.1, 0.15) is 15.9 Å². The number of methoxy groups -OCH3 is 2. The second-order valence-corrected chi connectivity index (χ2v) is 7.76. The minimum absolute atomic E-state index is 0.0577. The van der Waals surface area contributed by atoms with Gasteiger partial charge >= 0.3 is 0 Å². The predicted molar refractivity (Wildman–Crippen MR) is 117 cm³/mol. The molecule has 2 aromatic rings. The van der Waals surface area contributed by atoms with Gasteiger partial charge in [-0.25, -0.2) is 0 Å². The van der Waals surface area contributed by atoms with Crippen LogP contribution in [-0.4, -0.2) is 56.1 Å². The van der Waals surface area contributed by atoms with Crippen LogP contribution in [0.25, 0.3) is 6.08 Å². The lowest BCUT2D eigenvalue weighted by atomic mass is 10.2. The fraction of sp³-hybridized carbons (Fsp3) is 0.227. The summed E-state index contributed by atoms with van der Waals surface area (Å²) in [6.07, 6.45) is 1.63. The molecule has 2 aliphatic rings. The van der Waals surface area contributed by atoms with Gasteiger partial charge in [0.15, 0.2) is 23.0 Å². The highest BCUT2D eigenvalue weighted by Gasteiger charge is 2.34. The SMILES string of the molecule is COc1ccc(C(=O)NCCN2C(=O)S/C(=C\c3ccc4c(c3)OCO4)C2=O)cc1OC. The summed E-state index contributed by atoms with van der Waals surface area (Å²) in [7, 11) is 2.99. The van der Waals surface area contributed by atoms with Gasteiger partial charge in [-0.05, 0) is 53.7 Å². The van der Waals surface area contributed by atoms with Crippen molar-refractivity contribution in [1.82, 2.24) is 10.2 Å². The molecule has 0 radical (unpaired) electrons. The number of carbonyl (C=O) groups excluding carboxylic acids is 3. The van der Waals surface area contributed by atoms with Crippen LogP contribution in [0.2, 0.25) is 0 Å². The van der Waals surface area contributed by atoms with Gasteiger partial charge in [0, 0.05) is 18.7 Å². The molecule has 0 atom stereocenters. The Hall–Kier alpha value is -3.66. The van der Waals surface area contributed by atoms with Crippen LogP contribution in [-0.2, 0) is 4.79 Å². The molecule has 0 bridgehead atoms. The molecule has 4 rings (SSSR count). The monoisotopic (exact) mass is 456 g/mol. The number of hydrogen-bond acceptors (Lipinski definition) is 8. The van der Waals surface area contributed by atoms with Crippen LogP contribution in [0.15, 0.2) is 41.3 Å². The number of carbonyl (C=O) groups is 3. The van der Waals surface area contributed by atoms with E-state index < -0.39 is 5.91 Å². The zero-order valence-electron chi connectivity index (χ0n) is 17.4. The molecule has 0 aromatic heterocycles. The number of benzene rings is 2. The molecule has 2 heterocycles. The summed E-state index contributed by atoms with van der Waals surface area (Å²) >= 11 is 0.857. The van der Waals surface area contributed by atoms with Crippen molar-refractivity contribution in [2.45, 2.75) is 0 Å². The highest BCUT2D eigenvalue weighted by Crippen LogP contribution is 2.36. The average Bonchev–Trinajstić information content (AvgIpc) is 3.37. The van der Waals surface area contributed by atoms with Crippen molar-refractivity contribution >= 4 is 34.9 Å².